The van der Waals surface area contributed by atoms with Gasteiger partial charge in [-0.3, -0.25) is 0 Å². The lowest BCUT2D eigenvalue weighted by Crippen LogP contribution is -2.61. The minimum atomic E-state index is -1.65. The van der Waals surface area contributed by atoms with Gasteiger partial charge < -0.3 is 56.1 Å². The maximum Gasteiger partial charge on any atom is 0.173 e. The van der Waals surface area contributed by atoms with Gasteiger partial charge in [0.05, 0.1) is 18.8 Å². The fourth-order valence-electron chi connectivity index (χ4n) is 1.69. The molecule has 0 aromatic heterocycles. The average molecular weight is 343 g/mol. The molecule has 0 amide bonds. The molecule has 0 saturated carbocycles. The first-order valence-corrected chi connectivity index (χ1v) is 6.82. The van der Waals surface area contributed by atoms with E-state index in [-0.39, 0.29) is 6.29 Å². The third kappa shape index (κ3) is 6.35. The van der Waals surface area contributed by atoms with E-state index in [0.29, 0.717) is 0 Å². The fraction of sp³-hybridized carbons (Fsp3) is 0.917. The van der Waals surface area contributed by atoms with Crippen LogP contribution < -0.4 is 5.73 Å². The number of carbonyl (C=O) groups is 1. The molecular formula is C12H25NO10. The van der Waals surface area contributed by atoms with E-state index in [4.69, 9.17) is 41.1 Å². The Labute approximate surface area is 132 Å². The number of hydrogen-bond acceptors (Lipinski definition) is 11. The van der Waals surface area contributed by atoms with Gasteiger partial charge in [0, 0.05) is 0 Å². The van der Waals surface area contributed by atoms with Crippen molar-refractivity contribution in [2.24, 2.45) is 5.73 Å². The predicted octanol–water partition coefficient (Wildman–Crippen LogP) is -5.61. The van der Waals surface area contributed by atoms with Crippen molar-refractivity contribution < 1.29 is 50.4 Å². The number of aliphatic hydroxyl groups excluding tert-OH is 8. The van der Waals surface area contributed by atoms with Gasteiger partial charge in [0.15, 0.2) is 12.6 Å². The third-order valence-electron chi connectivity index (χ3n) is 3.28. The Morgan fingerprint density at radius 1 is 1.09 bits per heavy atom. The lowest BCUT2D eigenvalue weighted by Gasteiger charge is -2.38. The normalized spacial score (nSPS) is 36.2. The van der Waals surface area contributed by atoms with E-state index < -0.39 is 61.7 Å². The van der Waals surface area contributed by atoms with Gasteiger partial charge in [0.2, 0.25) is 0 Å². The summed E-state index contributed by atoms with van der Waals surface area (Å²) in [6.45, 7) is 0.771. The van der Waals surface area contributed by atoms with Crippen molar-refractivity contribution >= 4 is 6.29 Å². The lowest BCUT2D eigenvalue weighted by atomic mass is 9.98. The summed E-state index contributed by atoms with van der Waals surface area (Å²) in [5, 5.41) is 71.2. The second kappa shape index (κ2) is 10.2. The monoisotopic (exact) mass is 343 g/mol. The second-order valence-electron chi connectivity index (χ2n) is 5.15. The van der Waals surface area contributed by atoms with Gasteiger partial charge in [0.25, 0.3) is 0 Å². The SMILES string of the molecule is CC(O)C(O)C(O)C(O)C=O.N[C@H]1C(O)O[C@H](CO)[C@H](O)[C@@H]1O. The number of aliphatic hydroxyl groups is 8. The molecule has 11 heteroatoms. The van der Waals surface area contributed by atoms with Gasteiger partial charge in [0.1, 0.15) is 36.6 Å². The molecule has 1 aliphatic heterocycles. The van der Waals surface area contributed by atoms with Gasteiger partial charge in [-0.05, 0) is 6.92 Å². The van der Waals surface area contributed by atoms with Crippen molar-refractivity contribution in [1.82, 2.24) is 0 Å². The largest absolute Gasteiger partial charge is 0.394 e. The van der Waals surface area contributed by atoms with Crippen LogP contribution in [-0.2, 0) is 9.53 Å². The molecule has 11 nitrogen and oxygen atoms in total. The molecule has 10 N–H and O–H groups in total. The van der Waals surface area contributed by atoms with Crippen molar-refractivity contribution in [2.45, 2.75) is 62.0 Å². The Hall–Kier alpha value is -0.730. The minimum Gasteiger partial charge on any atom is -0.394 e. The molecule has 0 aromatic carbocycles. The summed E-state index contributed by atoms with van der Waals surface area (Å²) in [4.78, 5) is 9.87. The molecule has 9 atom stereocenters. The first-order valence-electron chi connectivity index (χ1n) is 6.82. The summed E-state index contributed by atoms with van der Waals surface area (Å²) >= 11 is 0. The van der Waals surface area contributed by atoms with E-state index in [1.54, 1.807) is 0 Å². The van der Waals surface area contributed by atoms with Crippen LogP contribution in [0.3, 0.4) is 0 Å². The molecule has 0 radical (unpaired) electrons. The van der Waals surface area contributed by atoms with Crippen molar-refractivity contribution in [1.29, 1.82) is 0 Å². The van der Waals surface area contributed by atoms with Gasteiger partial charge >= 0.3 is 0 Å². The van der Waals surface area contributed by atoms with Crippen LogP contribution in [0.25, 0.3) is 0 Å². The topological polar surface area (TPSA) is 214 Å². The molecule has 0 aliphatic carbocycles. The third-order valence-corrected chi connectivity index (χ3v) is 3.28. The Kier molecular flexibility index (Phi) is 9.88. The highest BCUT2D eigenvalue weighted by Crippen LogP contribution is 2.17. The first kappa shape index (κ1) is 22.3. The molecule has 1 aliphatic rings. The van der Waals surface area contributed by atoms with Crippen molar-refractivity contribution in [3.8, 4) is 0 Å². The number of aldehydes is 1. The van der Waals surface area contributed by atoms with Crippen LogP contribution in [0, 0.1) is 0 Å². The Morgan fingerprint density at radius 3 is 2.00 bits per heavy atom. The highest BCUT2D eigenvalue weighted by molar-refractivity contribution is 5.56. The van der Waals surface area contributed by atoms with Crippen LogP contribution in [0.1, 0.15) is 6.92 Å². The zero-order valence-corrected chi connectivity index (χ0v) is 12.5. The average Bonchev–Trinajstić information content (AvgIpc) is 2.54. The van der Waals surface area contributed by atoms with Crippen LogP contribution in [0.15, 0.2) is 0 Å². The van der Waals surface area contributed by atoms with Gasteiger partial charge in [-0.1, -0.05) is 0 Å². The highest BCUT2D eigenvalue weighted by Gasteiger charge is 2.41. The zero-order valence-electron chi connectivity index (χ0n) is 12.5. The fourth-order valence-corrected chi connectivity index (χ4v) is 1.69. The Morgan fingerprint density at radius 2 is 1.61 bits per heavy atom. The molecule has 1 heterocycles. The van der Waals surface area contributed by atoms with E-state index in [1.807, 2.05) is 0 Å². The number of carbonyl (C=O) groups excluding carboxylic acids is 1. The summed E-state index contributed by atoms with van der Waals surface area (Å²) in [5.41, 5.74) is 5.26. The summed E-state index contributed by atoms with van der Waals surface area (Å²) in [6, 6.07) is -1.04. The summed E-state index contributed by atoms with van der Waals surface area (Å²) in [5.74, 6) is 0. The van der Waals surface area contributed by atoms with E-state index in [1.165, 1.54) is 6.92 Å². The van der Waals surface area contributed by atoms with E-state index >= 15 is 0 Å². The summed E-state index contributed by atoms with van der Waals surface area (Å²) in [6.07, 6.45) is -10.7. The van der Waals surface area contributed by atoms with Crippen LogP contribution in [0.4, 0.5) is 0 Å². The smallest absolute Gasteiger partial charge is 0.173 e. The molecule has 0 bridgehead atoms. The highest BCUT2D eigenvalue weighted by atomic mass is 16.6. The van der Waals surface area contributed by atoms with Crippen LogP contribution in [0.2, 0.25) is 0 Å². The standard InChI is InChI=1S/C6H13NO5.C6H12O5/c7-3-5(10)4(9)2(1-8)12-6(3)11;1-3(8)5(10)6(11)4(9)2-7/h2-6,8-11H,1,7H2;2-6,8-11H,1H3/t2-,3-,4+,5-,6?;/m1./s1. The van der Waals surface area contributed by atoms with Crippen molar-refractivity contribution in [3.05, 3.63) is 0 Å². The summed E-state index contributed by atoms with van der Waals surface area (Å²) < 4.78 is 4.70. The molecule has 5 unspecified atom stereocenters. The van der Waals surface area contributed by atoms with E-state index in [9.17, 15) is 15.0 Å². The Balaban J connectivity index is 0.000000423. The van der Waals surface area contributed by atoms with Crippen molar-refractivity contribution in [3.63, 3.8) is 0 Å². The number of ether oxygens (including phenoxy) is 1. The molecule has 1 fully saturated rings. The zero-order chi connectivity index (χ0) is 18.3. The quantitative estimate of drug-likeness (QED) is 0.214. The first-order chi connectivity index (χ1) is 10.6. The molecule has 0 aromatic rings. The minimum absolute atomic E-state index is 0.0935. The van der Waals surface area contributed by atoms with Crippen LogP contribution in [0.5, 0.6) is 0 Å². The van der Waals surface area contributed by atoms with Crippen LogP contribution in [-0.4, -0.2) is 109 Å². The predicted molar refractivity (Wildman–Crippen MR) is 73.7 cm³/mol. The van der Waals surface area contributed by atoms with Crippen LogP contribution >= 0.6 is 0 Å². The maximum atomic E-state index is 9.87. The van der Waals surface area contributed by atoms with Gasteiger partial charge in [-0.2, -0.15) is 0 Å². The number of nitrogens with two attached hydrogens (primary N) is 1. The molecule has 23 heavy (non-hydrogen) atoms. The Bertz CT molecular complexity index is 339. The van der Waals surface area contributed by atoms with E-state index in [2.05, 4.69) is 0 Å². The van der Waals surface area contributed by atoms with E-state index in [0.717, 1.165) is 0 Å². The maximum absolute atomic E-state index is 9.87. The molecule has 1 rings (SSSR count). The number of rotatable bonds is 5. The molecular weight excluding hydrogens is 318 g/mol. The summed E-state index contributed by atoms with van der Waals surface area (Å²) in [7, 11) is 0. The van der Waals surface area contributed by atoms with Crippen molar-refractivity contribution in [2.75, 3.05) is 6.61 Å². The molecule has 138 valence electrons. The number of hydrogen-bond donors (Lipinski definition) is 9. The lowest BCUT2D eigenvalue weighted by molar-refractivity contribution is -0.248. The molecule has 0 spiro atoms. The van der Waals surface area contributed by atoms with Gasteiger partial charge in [-0.15, -0.1) is 0 Å². The molecule has 1 saturated heterocycles. The van der Waals surface area contributed by atoms with Gasteiger partial charge in [-0.25, -0.2) is 0 Å². The second-order valence-corrected chi connectivity index (χ2v) is 5.15.